The van der Waals surface area contributed by atoms with Crippen molar-refractivity contribution in [2.75, 3.05) is 45.8 Å². The lowest BCUT2D eigenvalue weighted by Crippen LogP contribution is -2.37. The number of aldehydes is 1. The van der Waals surface area contributed by atoms with Crippen LogP contribution in [0.3, 0.4) is 0 Å². The molecule has 0 aromatic carbocycles. The maximum Gasteiger partial charge on any atom is 0.287 e. The first-order chi connectivity index (χ1) is 23.1. The third-order valence-electron chi connectivity index (χ3n) is 5.57. The highest BCUT2D eigenvalue weighted by molar-refractivity contribution is 7.92. The summed E-state index contributed by atoms with van der Waals surface area (Å²) in [6.45, 7) is 3.28. The van der Waals surface area contributed by atoms with Crippen LogP contribution in [0.25, 0.3) is 6.08 Å². The second-order valence-corrected chi connectivity index (χ2v) is 16.9. The van der Waals surface area contributed by atoms with Gasteiger partial charge in [0.05, 0.1) is 18.3 Å². The van der Waals surface area contributed by atoms with Crippen LogP contribution in [0.15, 0.2) is 66.6 Å². The van der Waals surface area contributed by atoms with Crippen molar-refractivity contribution in [3.05, 3.63) is 78.3 Å². The van der Waals surface area contributed by atoms with E-state index in [2.05, 4.69) is 24.5 Å². The van der Waals surface area contributed by atoms with Gasteiger partial charge in [-0.1, -0.05) is 12.2 Å². The fraction of sp³-hybridized carbons (Fsp3) is 0.414. The van der Waals surface area contributed by atoms with Crippen LogP contribution in [0.1, 0.15) is 49.1 Å². The van der Waals surface area contributed by atoms with Crippen LogP contribution in [-0.4, -0.2) is 109 Å². The zero-order chi connectivity index (χ0) is 36.8. The van der Waals surface area contributed by atoms with E-state index in [1.165, 1.54) is 62.5 Å². The van der Waals surface area contributed by atoms with Gasteiger partial charge >= 0.3 is 0 Å². The maximum atomic E-state index is 11.9. The quantitative estimate of drug-likeness (QED) is 0.292. The van der Waals surface area contributed by atoms with E-state index in [-0.39, 0.29) is 24.7 Å². The number of rotatable bonds is 7. The van der Waals surface area contributed by atoms with Crippen LogP contribution in [0, 0.1) is 0 Å². The smallest absolute Gasteiger partial charge is 0.287 e. The molecule has 3 aliphatic heterocycles. The van der Waals surface area contributed by atoms with Crippen molar-refractivity contribution in [1.29, 1.82) is 0 Å². The standard InChI is InChI=1S/C11H11N3O3S.C6H9NO3S.C5H4N2O.C4H8O.C3H8ClO2P/c15-11-4-1-2-8-14(11)18(16,17)9-5-10-12-6-3-7-13-10;1-11(9,10)7-5-3-2-4-6(7)8;8-4-5-6-2-1-3-7-5;1-2-4-5-3-1;1-3-6-7(2,4)5/h1,3-7,9H,2,8H2;2,4H,3,5H2,1H3;1-4H;1-4H2;3H2,1-2H3/b9-5+;;;;. The number of carbonyl (C=O) groups excluding carboxylic acids is 3. The lowest BCUT2D eigenvalue weighted by atomic mass is 10.3. The lowest BCUT2D eigenvalue weighted by Gasteiger charge is -2.20. The second-order valence-electron chi connectivity index (χ2n) is 9.63. The van der Waals surface area contributed by atoms with Crippen molar-refractivity contribution in [1.82, 2.24) is 28.5 Å². The van der Waals surface area contributed by atoms with Gasteiger partial charge in [-0.3, -0.25) is 18.9 Å². The fourth-order valence-corrected chi connectivity index (χ4v) is 6.14. The van der Waals surface area contributed by atoms with Gasteiger partial charge in [0.1, 0.15) is 0 Å². The summed E-state index contributed by atoms with van der Waals surface area (Å²) in [5, 5.41) is 0.944. The minimum Gasteiger partial charge on any atom is -0.381 e. The van der Waals surface area contributed by atoms with Crippen LogP contribution < -0.4 is 0 Å². The highest BCUT2D eigenvalue weighted by Gasteiger charge is 2.25. The average molecular weight is 763 g/mol. The Kier molecular flexibility index (Phi) is 20.2. The minimum absolute atomic E-state index is 0.164. The Balaban J connectivity index is 0.000000332. The largest absolute Gasteiger partial charge is 0.381 e. The second kappa shape index (κ2) is 22.9. The van der Waals surface area contributed by atoms with Crippen molar-refractivity contribution in [3.63, 3.8) is 0 Å². The third-order valence-corrected chi connectivity index (χ3v) is 9.20. The summed E-state index contributed by atoms with van der Waals surface area (Å²) in [5.74, 6) is -0.466. The summed E-state index contributed by atoms with van der Waals surface area (Å²) in [7, 11) is -7.10. The monoisotopic (exact) mass is 762 g/mol. The number of amides is 2. The SMILES string of the molecule is C1CCOC1.CCOP(C)(=O)Cl.CS(=O)(=O)N1CCC=CC1=O.O=C1C=CCCN1S(=O)(=O)/C=C/c1ncccn1.O=Cc1ncccn1. The summed E-state index contributed by atoms with van der Waals surface area (Å²) >= 11 is 5.17. The van der Waals surface area contributed by atoms with E-state index in [1.807, 2.05) is 0 Å². The van der Waals surface area contributed by atoms with Gasteiger partial charge in [-0.05, 0) is 62.1 Å². The van der Waals surface area contributed by atoms with Gasteiger partial charge < -0.3 is 9.26 Å². The number of halogens is 1. The van der Waals surface area contributed by atoms with Crippen molar-refractivity contribution >= 4 is 62.2 Å². The molecule has 1 saturated heterocycles. The normalized spacial score (nSPS) is 16.8. The highest BCUT2D eigenvalue weighted by atomic mass is 35.7. The Morgan fingerprint density at radius 1 is 0.878 bits per heavy atom. The van der Waals surface area contributed by atoms with Crippen LogP contribution in [0.2, 0.25) is 0 Å². The molecule has 20 heteroatoms. The van der Waals surface area contributed by atoms with Crippen molar-refractivity contribution in [2.45, 2.75) is 32.6 Å². The van der Waals surface area contributed by atoms with Gasteiger partial charge in [-0.25, -0.2) is 45.4 Å². The Hall–Kier alpha value is -3.67. The number of hydrogen-bond donors (Lipinski definition) is 0. The van der Waals surface area contributed by atoms with Crippen LogP contribution in [0.4, 0.5) is 0 Å². The molecule has 2 amide bonds. The van der Waals surface area contributed by atoms with Gasteiger partial charge in [-0.15, -0.1) is 0 Å². The molecule has 270 valence electrons. The maximum absolute atomic E-state index is 11.9. The zero-order valence-electron chi connectivity index (χ0n) is 27.3. The Labute approximate surface area is 291 Å². The minimum atomic E-state index is -3.76. The predicted octanol–water partition coefficient (Wildman–Crippen LogP) is 3.47. The summed E-state index contributed by atoms with van der Waals surface area (Å²) in [4.78, 5) is 47.2. The molecule has 0 N–H and O–H groups in total. The number of nitrogens with zero attached hydrogens (tertiary/aromatic N) is 6. The molecule has 2 aromatic heterocycles. The molecular formula is C29H40ClN6O10PS2. The van der Waals surface area contributed by atoms with Crippen molar-refractivity contribution < 1.29 is 45.0 Å². The topological polar surface area (TPSA) is 213 Å². The summed E-state index contributed by atoms with van der Waals surface area (Å²) in [6, 6.07) is 3.29. The number of sulfonamides is 2. The molecule has 2 aromatic rings. The summed E-state index contributed by atoms with van der Waals surface area (Å²) in [5.41, 5.74) is 0. The predicted molar refractivity (Wildman–Crippen MR) is 184 cm³/mol. The number of aromatic nitrogens is 4. The van der Waals surface area contributed by atoms with E-state index in [4.69, 9.17) is 16.0 Å². The van der Waals surface area contributed by atoms with Crippen molar-refractivity contribution in [3.8, 4) is 0 Å². The Morgan fingerprint density at radius 3 is 1.65 bits per heavy atom. The van der Waals surface area contributed by atoms with E-state index < -0.39 is 38.6 Å². The molecule has 0 radical (unpaired) electrons. The van der Waals surface area contributed by atoms with Gasteiger partial charge in [0.15, 0.2) is 17.9 Å². The highest BCUT2D eigenvalue weighted by Crippen LogP contribution is 2.47. The molecule has 1 fully saturated rings. The average Bonchev–Trinajstić information content (AvgIpc) is 3.66. The van der Waals surface area contributed by atoms with E-state index in [9.17, 15) is 35.8 Å². The molecular weight excluding hydrogens is 723 g/mol. The van der Waals surface area contributed by atoms with E-state index >= 15 is 0 Å². The molecule has 3 aliphatic rings. The number of carbonyl (C=O) groups is 3. The molecule has 0 spiro atoms. The summed E-state index contributed by atoms with van der Waals surface area (Å²) < 4.78 is 67.1. The van der Waals surface area contributed by atoms with E-state index in [0.717, 1.165) is 33.5 Å². The molecule has 5 rings (SSSR count). The number of hydrogen-bond acceptors (Lipinski definition) is 14. The van der Waals surface area contributed by atoms with Crippen LogP contribution in [0.5, 0.6) is 0 Å². The number of ether oxygens (including phenoxy) is 1. The zero-order valence-corrected chi connectivity index (χ0v) is 30.6. The molecule has 0 aliphatic carbocycles. The first kappa shape index (κ1) is 43.4. The van der Waals surface area contributed by atoms with Gasteiger partial charge in [0.25, 0.3) is 28.6 Å². The van der Waals surface area contributed by atoms with Crippen molar-refractivity contribution in [2.24, 2.45) is 0 Å². The molecule has 16 nitrogen and oxygen atoms in total. The molecule has 5 heterocycles. The molecule has 1 atom stereocenters. The Morgan fingerprint density at radius 2 is 1.35 bits per heavy atom. The summed E-state index contributed by atoms with van der Waals surface area (Å²) in [6.07, 6.45) is 18.5. The lowest BCUT2D eigenvalue weighted by molar-refractivity contribution is -0.122. The Bertz CT molecular complexity index is 1660. The molecule has 0 saturated carbocycles. The van der Waals surface area contributed by atoms with Gasteiger partial charge in [0, 0.05) is 69.9 Å². The molecule has 49 heavy (non-hydrogen) atoms. The third kappa shape index (κ3) is 19.8. The first-order valence-corrected chi connectivity index (χ1v) is 21.0. The molecule has 1 unspecified atom stereocenters. The van der Waals surface area contributed by atoms with E-state index in [1.54, 1.807) is 31.2 Å². The van der Waals surface area contributed by atoms with Gasteiger partial charge in [-0.2, -0.15) is 0 Å². The van der Waals surface area contributed by atoms with Gasteiger partial charge in [0.2, 0.25) is 10.0 Å². The fourth-order valence-electron chi connectivity index (χ4n) is 3.45. The molecule has 0 bridgehead atoms. The first-order valence-electron chi connectivity index (χ1n) is 14.7. The van der Waals surface area contributed by atoms with Crippen LogP contribution in [-0.2, 0) is 43.5 Å². The van der Waals surface area contributed by atoms with Crippen LogP contribution >= 0.6 is 18.0 Å². The van der Waals surface area contributed by atoms with E-state index in [0.29, 0.717) is 25.7 Å².